The van der Waals surface area contributed by atoms with Crippen LogP contribution in [-0.2, 0) is 24.6 Å². The Kier molecular flexibility index (Phi) is 10.9. The maximum absolute atomic E-state index is 14.4. The minimum atomic E-state index is -5.72. The Bertz CT molecular complexity index is 1840. The minimum Gasteiger partial charge on any atom is -0.481 e. The summed E-state index contributed by atoms with van der Waals surface area (Å²) in [6.45, 7) is 0. The van der Waals surface area contributed by atoms with Gasteiger partial charge in [-0.15, -0.1) is 0 Å². The first-order valence-corrected chi connectivity index (χ1v) is 15.0. The molecule has 2 atom stereocenters. The molecule has 0 saturated heterocycles. The Morgan fingerprint density at radius 1 is 0.547 bits per heavy atom. The van der Waals surface area contributed by atoms with Gasteiger partial charge in [-0.25, -0.2) is 0 Å². The Hall–Kier alpha value is -6.46. The van der Waals surface area contributed by atoms with E-state index in [2.05, 4.69) is 0 Å². The summed E-state index contributed by atoms with van der Waals surface area (Å²) < 4.78 is 97.5. The highest BCUT2D eigenvalue weighted by molar-refractivity contribution is 6.06. The lowest BCUT2D eigenvalue weighted by Gasteiger charge is -2.44. The van der Waals surface area contributed by atoms with Gasteiger partial charge in [0.25, 0.3) is 0 Å². The van der Waals surface area contributed by atoms with Crippen LogP contribution < -0.4 is 20.9 Å². The summed E-state index contributed by atoms with van der Waals surface area (Å²) in [6.07, 6.45) is -12.2. The lowest BCUT2D eigenvalue weighted by molar-refractivity contribution is -0.288. The molecule has 12 nitrogen and oxygen atoms in total. The minimum absolute atomic E-state index is 0.0546. The van der Waals surface area contributed by atoms with Crippen LogP contribution in [0.2, 0.25) is 0 Å². The molecule has 1 aliphatic carbocycles. The standard InChI is InChI=1S/C27H20F6N2O2.C8H8O8/c28-26(29,30)25(27(31,32)33,17-1-9-21(10-2-17)36-23-13-5-19(34)6-14-23)18-3-11-22(12-4-18)37-24-15-7-20(35)8-16-24;9-4(10)2-1-8(6(13)14,7(15)16)3(2)5(11)12/h1-16H,34-35H2;2-3H,1H2,(H,9,10)(H,11,12)(H,13,14)(H,15,16). The van der Waals surface area contributed by atoms with Gasteiger partial charge in [-0.05, 0) is 90.3 Å². The first-order valence-electron chi connectivity index (χ1n) is 15.0. The second-order valence-corrected chi connectivity index (χ2v) is 11.7. The molecule has 1 aliphatic rings. The van der Waals surface area contributed by atoms with E-state index in [1.807, 2.05) is 0 Å². The van der Waals surface area contributed by atoms with Crippen LogP contribution in [0.4, 0.5) is 37.7 Å². The monoisotopic (exact) mass is 750 g/mol. The molecule has 8 N–H and O–H groups in total. The molecule has 2 unspecified atom stereocenters. The molecule has 5 rings (SSSR count). The molecular weight excluding hydrogens is 722 g/mol. The van der Waals surface area contributed by atoms with Crippen molar-refractivity contribution < 1.29 is 75.4 Å². The predicted octanol–water partition coefficient (Wildman–Crippen LogP) is 6.79. The number of carboxylic acid groups (broad SMARTS) is 4. The van der Waals surface area contributed by atoms with E-state index in [0.29, 0.717) is 22.9 Å². The van der Waals surface area contributed by atoms with E-state index in [9.17, 15) is 45.5 Å². The quantitative estimate of drug-likeness (QED) is 0.0560. The number of anilines is 2. The second kappa shape index (κ2) is 14.6. The van der Waals surface area contributed by atoms with Gasteiger partial charge < -0.3 is 41.4 Å². The van der Waals surface area contributed by atoms with Gasteiger partial charge in [-0.1, -0.05) is 24.3 Å². The number of alkyl halides is 6. The van der Waals surface area contributed by atoms with Gasteiger partial charge in [0, 0.05) is 11.4 Å². The van der Waals surface area contributed by atoms with Crippen molar-refractivity contribution >= 4 is 35.3 Å². The molecule has 53 heavy (non-hydrogen) atoms. The van der Waals surface area contributed by atoms with Crippen LogP contribution in [0, 0.1) is 17.3 Å². The zero-order chi connectivity index (χ0) is 39.5. The SMILES string of the molecule is Nc1ccc(Oc2ccc(C(c3ccc(Oc4ccc(N)cc4)cc3)(C(F)(F)F)C(F)(F)F)cc2)cc1.O=C(O)C1CC(C(=O)O)(C(=O)O)C1C(=O)O. The summed E-state index contributed by atoms with van der Waals surface area (Å²) in [5.74, 6) is -9.58. The number of carbonyl (C=O) groups is 4. The van der Waals surface area contributed by atoms with E-state index >= 15 is 0 Å². The van der Waals surface area contributed by atoms with Crippen molar-refractivity contribution in [3.8, 4) is 23.0 Å². The molecule has 0 radical (unpaired) electrons. The third-order valence-electron chi connectivity index (χ3n) is 8.48. The number of carboxylic acids is 4. The second-order valence-electron chi connectivity index (χ2n) is 11.7. The van der Waals surface area contributed by atoms with Crippen molar-refractivity contribution in [3.63, 3.8) is 0 Å². The van der Waals surface area contributed by atoms with Crippen molar-refractivity contribution in [2.75, 3.05) is 11.5 Å². The fraction of sp³-hybridized carbons (Fsp3) is 0.200. The number of nitrogen functional groups attached to an aromatic ring is 2. The normalized spacial score (nSPS) is 16.6. The summed E-state index contributed by atoms with van der Waals surface area (Å²) in [5, 5.41) is 34.8. The third kappa shape index (κ3) is 7.61. The number of nitrogens with two attached hydrogens (primary N) is 2. The van der Waals surface area contributed by atoms with Gasteiger partial charge in [0.1, 0.15) is 23.0 Å². The zero-order valence-electron chi connectivity index (χ0n) is 26.8. The molecule has 0 amide bonds. The highest BCUT2D eigenvalue weighted by atomic mass is 19.4. The Morgan fingerprint density at radius 2 is 0.849 bits per heavy atom. The van der Waals surface area contributed by atoms with Crippen LogP contribution >= 0.6 is 0 Å². The van der Waals surface area contributed by atoms with Crippen LogP contribution in [0.25, 0.3) is 0 Å². The molecule has 280 valence electrons. The number of benzene rings is 4. The number of aliphatic carboxylic acids is 4. The van der Waals surface area contributed by atoms with Crippen LogP contribution in [-0.4, -0.2) is 56.7 Å². The Labute approximate surface area is 294 Å². The lowest BCUT2D eigenvalue weighted by Crippen LogP contribution is -2.62. The van der Waals surface area contributed by atoms with Crippen molar-refractivity contribution in [1.82, 2.24) is 0 Å². The van der Waals surface area contributed by atoms with Gasteiger partial charge in [0.2, 0.25) is 5.41 Å². The van der Waals surface area contributed by atoms with Crippen molar-refractivity contribution in [3.05, 3.63) is 108 Å². The van der Waals surface area contributed by atoms with Crippen molar-refractivity contribution in [2.24, 2.45) is 17.3 Å². The van der Waals surface area contributed by atoms with Gasteiger partial charge in [-0.2, -0.15) is 26.3 Å². The molecule has 18 heteroatoms. The van der Waals surface area contributed by atoms with Gasteiger partial charge >= 0.3 is 36.2 Å². The third-order valence-corrected chi connectivity index (χ3v) is 8.48. The summed E-state index contributed by atoms with van der Waals surface area (Å²) >= 11 is 0. The molecule has 1 fully saturated rings. The van der Waals surface area contributed by atoms with Gasteiger partial charge in [-0.3, -0.25) is 19.2 Å². The van der Waals surface area contributed by atoms with Crippen LogP contribution in [0.5, 0.6) is 23.0 Å². The lowest BCUT2D eigenvalue weighted by atomic mass is 9.53. The largest absolute Gasteiger partial charge is 0.481 e. The average molecular weight is 751 g/mol. The summed E-state index contributed by atoms with van der Waals surface area (Å²) in [5.41, 5.74) is 3.28. The number of hydrogen-bond donors (Lipinski definition) is 6. The number of halogens is 6. The number of ether oxygens (including phenoxy) is 2. The van der Waals surface area contributed by atoms with E-state index in [-0.39, 0.29) is 11.5 Å². The van der Waals surface area contributed by atoms with Gasteiger partial charge in [0.15, 0.2) is 5.41 Å². The van der Waals surface area contributed by atoms with E-state index in [0.717, 1.165) is 48.5 Å². The van der Waals surface area contributed by atoms with E-state index < -0.39 is 76.4 Å². The molecule has 0 heterocycles. The van der Waals surface area contributed by atoms with Crippen molar-refractivity contribution in [2.45, 2.75) is 24.2 Å². The van der Waals surface area contributed by atoms with E-state index in [4.69, 9.17) is 41.4 Å². The molecule has 0 spiro atoms. The molecular formula is C35H28F6N2O10. The van der Waals surface area contributed by atoms with Crippen LogP contribution in [0.3, 0.4) is 0 Å². The smallest absolute Gasteiger partial charge is 0.411 e. The fourth-order valence-electron chi connectivity index (χ4n) is 5.79. The average Bonchev–Trinajstić information content (AvgIpc) is 3.03. The Balaban J connectivity index is 0.000000328. The predicted molar refractivity (Wildman–Crippen MR) is 172 cm³/mol. The first-order chi connectivity index (χ1) is 24.6. The highest BCUT2D eigenvalue weighted by Gasteiger charge is 2.72. The Morgan fingerprint density at radius 3 is 1.09 bits per heavy atom. The van der Waals surface area contributed by atoms with E-state index in [1.54, 1.807) is 24.3 Å². The molecule has 1 saturated carbocycles. The summed E-state index contributed by atoms with van der Waals surface area (Å²) in [7, 11) is 0. The molecule has 4 aromatic carbocycles. The fourth-order valence-corrected chi connectivity index (χ4v) is 5.79. The molecule has 0 aliphatic heterocycles. The number of hydrogen-bond acceptors (Lipinski definition) is 8. The number of rotatable bonds is 10. The van der Waals surface area contributed by atoms with Crippen molar-refractivity contribution in [1.29, 1.82) is 0 Å². The summed E-state index contributed by atoms with van der Waals surface area (Å²) in [4.78, 5) is 42.9. The molecule has 0 aromatic heterocycles. The molecule has 0 bridgehead atoms. The highest BCUT2D eigenvalue weighted by Crippen LogP contribution is 2.56. The van der Waals surface area contributed by atoms with Crippen LogP contribution in [0.15, 0.2) is 97.1 Å². The maximum atomic E-state index is 14.4. The molecule has 4 aromatic rings. The van der Waals surface area contributed by atoms with Crippen LogP contribution in [0.1, 0.15) is 17.5 Å². The van der Waals surface area contributed by atoms with E-state index in [1.165, 1.54) is 24.3 Å². The first kappa shape index (κ1) is 39.3. The zero-order valence-corrected chi connectivity index (χ0v) is 26.8. The van der Waals surface area contributed by atoms with Gasteiger partial charge in [0.05, 0.1) is 11.8 Å². The maximum Gasteiger partial charge on any atom is 0.411 e. The topological polar surface area (TPSA) is 220 Å². The summed E-state index contributed by atoms with van der Waals surface area (Å²) in [6, 6.07) is 19.5.